The van der Waals surface area contributed by atoms with Crippen LogP contribution in [0.15, 0.2) is 24.3 Å². The van der Waals surface area contributed by atoms with Crippen molar-refractivity contribution in [3.8, 4) is 0 Å². The fourth-order valence-corrected chi connectivity index (χ4v) is 7.50. The molecule has 0 aromatic carbocycles. The van der Waals surface area contributed by atoms with Crippen LogP contribution >= 0.6 is 0 Å². The maximum Gasteiger partial charge on any atom is 0.306 e. The summed E-state index contributed by atoms with van der Waals surface area (Å²) >= 11 is 0. The van der Waals surface area contributed by atoms with Gasteiger partial charge in [0.1, 0.15) is 6.10 Å². The third-order valence-corrected chi connectivity index (χ3v) is 11.2. The van der Waals surface area contributed by atoms with Gasteiger partial charge in [0.2, 0.25) is 0 Å². The summed E-state index contributed by atoms with van der Waals surface area (Å²) < 4.78 is 11.2. The molecular weight excluding hydrogens is 677 g/mol. The minimum atomic E-state index is -0.533. The number of hydrogen-bond donors (Lipinski definition) is 1. The van der Waals surface area contributed by atoms with E-state index < -0.39 is 6.10 Å². The smallest absolute Gasteiger partial charge is 0.306 e. The molecule has 0 aliphatic rings. The van der Waals surface area contributed by atoms with Crippen LogP contribution in [0, 0.1) is 0 Å². The molecule has 1 N–H and O–H groups in total. The summed E-state index contributed by atoms with van der Waals surface area (Å²) in [7, 11) is 0. The Morgan fingerprint density at radius 2 is 0.709 bits per heavy atom. The van der Waals surface area contributed by atoms with Crippen LogP contribution in [-0.4, -0.2) is 37.0 Å². The van der Waals surface area contributed by atoms with E-state index in [1.807, 2.05) is 0 Å². The summed E-state index contributed by atoms with van der Waals surface area (Å²) in [4.78, 5) is 12.3. The van der Waals surface area contributed by atoms with Crippen LogP contribution in [0.4, 0.5) is 0 Å². The van der Waals surface area contributed by atoms with E-state index in [9.17, 15) is 9.90 Å². The van der Waals surface area contributed by atoms with Gasteiger partial charge in [-0.2, -0.15) is 0 Å². The predicted octanol–water partition coefficient (Wildman–Crippen LogP) is 16.7. The molecule has 55 heavy (non-hydrogen) atoms. The molecule has 0 rings (SSSR count). The van der Waals surface area contributed by atoms with Gasteiger partial charge < -0.3 is 14.6 Å². The van der Waals surface area contributed by atoms with Gasteiger partial charge in [-0.3, -0.25) is 4.79 Å². The topological polar surface area (TPSA) is 55.8 Å². The number of carbonyl (C=O) groups is 1. The van der Waals surface area contributed by atoms with Crippen LogP contribution in [0.5, 0.6) is 0 Å². The molecule has 1 atom stereocenters. The summed E-state index contributed by atoms with van der Waals surface area (Å²) in [5, 5.41) is 9.64. The Bertz CT molecular complexity index is 777. The summed E-state index contributed by atoms with van der Waals surface area (Å²) in [6.07, 6.45) is 61.2. The van der Waals surface area contributed by atoms with Crippen molar-refractivity contribution in [2.45, 2.75) is 277 Å². The molecule has 0 saturated carbocycles. The molecule has 0 aliphatic carbocycles. The second-order valence-corrected chi connectivity index (χ2v) is 16.9. The molecule has 0 spiro atoms. The van der Waals surface area contributed by atoms with Crippen LogP contribution < -0.4 is 0 Å². The average Bonchev–Trinajstić information content (AvgIpc) is 3.19. The Balaban J connectivity index is 3.38. The van der Waals surface area contributed by atoms with Crippen molar-refractivity contribution in [2.75, 3.05) is 19.8 Å². The van der Waals surface area contributed by atoms with E-state index in [0.29, 0.717) is 19.6 Å². The van der Waals surface area contributed by atoms with Gasteiger partial charge >= 0.3 is 5.97 Å². The SMILES string of the molecule is CCCCCCCC/C=C\CCCCCCCCCCCCOCC(CO)OC(=O)CCCCCCCCCCCCC/C=C\CCCCCCCCCC. The van der Waals surface area contributed by atoms with Crippen LogP contribution in [0.2, 0.25) is 0 Å². The molecule has 0 amide bonds. The van der Waals surface area contributed by atoms with E-state index in [1.54, 1.807) is 0 Å². The van der Waals surface area contributed by atoms with Crippen molar-refractivity contribution in [1.82, 2.24) is 0 Å². The fourth-order valence-electron chi connectivity index (χ4n) is 7.50. The van der Waals surface area contributed by atoms with E-state index in [2.05, 4.69) is 38.2 Å². The predicted molar refractivity (Wildman–Crippen MR) is 242 cm³/mol. The third-order valence-electron chi connectivity index (χ3n) is 11.2. The molecule has 4 nitrogen and oxygen atoms in total. The van der Waals surface area contributed by atoms with Crippen molar-refractivity contribution in [1.29, 1.82) is 0 Å². The molecule has 4 heteroatoms. The lowest BCUT2D eigenvalue weighted by Crippen LogP contribution is -2.27. The molecule has 0 aromatic rings. The summed E-state index contributed by atoms with van der Waals surface area (Å²) in [6.45, 7) is 5.38. The lowest BCUT2D eigenvalue weighted by atomic mass is 10.0. The van der Waals surface area contributed by atoms with Gasteiger partial charge in [0.25, 0.3) is 0 Å². The number of aliphatic hydroxyl groups is 1. The Hall–Kier alpha value is -1.13. The number of unbranched alkanes of at least 4 members (excludes halogenated alkanes) is 35. The lowest BCUT2D eigenvalue weighted by Gasteiger charge is -2.16. The first-order valence-corrected chi connectivity index (χ1v) is 24.9. The summed E-state index contributed by atoms with van der Waals surface area (Å²) in [5.74, 6) is -0.197. The number of rotatable bonds is 47. The van der Waals surface area contributed by atoms with E-state index in [1.165, 1.54) is 231 Å². The maximum atomic E-state index is 12.3. The van der Waals surface area contributed by atoms with Gasteiger partial charge in [-0.05, 0) is 64.2 Å². The fraction of sp³-hybridized carbons (Fsp3) is 0.902. The van der Waals surface area contributed by atoms with Crippen molar-refractivity contribution < 1.29 is 19.4 Å². The molecule has 326 valence electrons. The quantitative estimate of drug-likeness (QED) is 0.0380. The highest BCUT2D eigenvalue weighted by Crippen LogP contribution is 2.15. The third kappa shape index (κ3) is 47.1. The second-order valence-electron chi connectivity index (χ2n) is 16.9. The minimum Gasteiger partial charge on any atom is -0.457 e. The van der Waals surface area contributed by atoms with Crippen LogP contribution in [0.1, 0.15) is 271 Å². The first-order chi connectivity index (χ1) is 27.2. The van der Waals surface area contributed by atoms with E-state index in [4.69, 9.17) is 9.47 Å². The van der Waals surface area contributed by atoms with Crippen molar-refractivity contribution in [3.63, 3.8) is 0 Å². The zero-order valence-electron chi connectivity index (χ0n) is 37.5. The highest BCUT2D eigenvalue weighted by molar-refractivity contribution is 5.69. The van der Waals surface area contributed by atoms with Crippen molar-refractivity contribution in [3.05, 3.63) is 24.3 Å². The maximum absolute atomic E-state index is 12.3. The van der Waals surface area contributed by atoms with Gasteiger partial charge in [-0.1, -0.05) is 224 Å². The average molecular weight is 775 g/mol. The first-order valence-electron chi connectivity index (χ1n) is 24.9. The van der Waals surface area contributed by atoms with Gasteiger partial charge in [0.05, 0.1) is 13.2 Å². The second kappa shape index (κ2) is 49.0. The largest absolute Gasteiger partial charge is 0.457 e. The summed E-state index contributed by atoms with van der Waals surface area (Å²) in [5.41, 5.74) is 0. The number of esters is 1. The standard InChI is InChI=1S/C51H98O4/c1-3-5-7-9-11-13-15-17-19-21-23-25-26-27-28-30-32-34-36-38-40-42-44-46-51(53)55-50(48-52)49-54-47-45-43-41-39-37-35-33-31-29-24-22-20-18-16-14-12-10-8-6-4-2/h18,20-21,23,50,52H,3-17,19,22,24-49H2,1-2H3/b20-18-,23-21-. The number of carbonyl (C=O) groups excluding carboxylic acids is 1. The lowest BCUT2D eigenvalue weighted by molar-refractivity contribution is -0.154. The van der Waals surface area contributed by atoms with Gasteiger partial charge in [-0.25, -0.2) is 0 Å². The molecule has 0 radical (unpaired) electrons. The Labute approximate surface area is 345 Å². The van der Waals surface area contributed by atoms with E-state index >= 15 is 0 Å². The molecule has 0 aromatic heterocycles. The number of allylic oxidation sites excluding steroid dienone is 4. The van der Waals surface area contributed by atoms with Gasteiger partial charge in [0, 0.05) is 13.0 Å². The molecule has 0 fully saturated rings. The molecule has 1 unspecified atom stereocenters. The Morgan fingerprint density at radius 1 is 0.418 bits per heavy atom. The number of ether oxygens (including phenoxy) is 2. The summed E-state index contributed by atoms with van der Waals surface area (Å²) in [6, 6.07) is 0. The molecule has 0 bridgehead atoms. The number of aliphatic hydroxyl groups excluding tert-OH is 1. The minimum absolute atomic E-state index is 0.169. The molecule has 0 aliphatic heterocycles. The van der Waals surface area contributed by atoms with E-state index in [0.717, 1.165) is 19.3 Å². The van der Waals surface area contributed by atoms with Crippen LogP contribution in [0.3, 0.4) is 0 Å². The zero-order valence-corrected chi connectivity index (χ0v) is 37.5. The molecule has 0 heterocycles. The monoisotopic (exact) mass is 775 g/mol. The van der Waals surface area contributed by atoms with E-state index in [-0.39, 0.29) is 12.6 Å². The van der Waals surface area contributed by atoms with Crippen LogP contribution in [-0.2, 0) is 14.3 Å². The van der Waals surface area contributed by atoms with Crippen molar-refractivity contribution in [2.24, 2.45) is 0 Å². The highest BCUT2D eigenvalue weighted by atomic mass is 16.6. The van der Waals surface area contributed by atoms with Gasteiger partial charge in [0.15, 0.2) is 0 Å². The Morgan fingerprint density at radius 3 is 1.04 bits per heavy atom. The van der Waals surface area contributed by atoms with Gasteiger partial charge in [-0.15, -0.1) is 0 Å². The Kier molecular flexibility index (Phi) is 48.0. The molecular formula is C51H98O4. The zero-order chi connectivity index (χ0) is 39.8. The number of hydrogen-bond acceptors (Lipinski definition) is 4. The van der Waals surface area contributed by atoms with Crippen LogP contribution in [0.25, 0.3) is 0 Å². The normalized spacial score (nSPS) is 12.4. The highest BCUT2D eigenvalue weighted by Gasteiger charge is 2.13. The first kappa shape index (κ1) is 53.9. The molecule has 0 saturated heterocycles. The van der Waals surface area contributed by atoms with Crippen molar-refractivity contribution >= 4 is 5.97 Å².